The van der Waals surface area contributed by atoms with Gasteiger partial charge in [-0.15, -0.1) is 17.5 Å². The molecule has 27 heavy (non-hydrogen) atoms. The molecule has 0 saturated carbocycles. The zero-order chi connectivity index (χ0) is 18.7. The summed E-state index contributed by atoms with van der Waals surface area (Å²) in [6.45, 7) is 2.00. The molecule has 0 radical (unpaired) electrons. The molecule has 10 nitrogen and oxygen atoms in total. The number of carbonyl (C=O) groups is 1. The molecule has 0 amide bonds. The lowest BCUT2D eigenvalue weighted by Gasteiger charge is -2.10. The Morgan fingerprint density at radius 1 is 1.30 bits per heavy atom. The monoisotopic (exact) mass is 391 g/mol. The molecular weight excluding hydrogens is 374 g/mol. The second-order valence-corrected chi connectivity index (χ2v) is 5.40. The number of nitrogens with zero attached hydrogens (tertiary/aromatic N) is 5. The number of aromatic carboxylic acids is 1. The van der Waals surface area contributed by atoms with E-state index in [0.717, 1.165) is 0 Å². The normalized spacial score (nSPS) is 10.3. The summed E-state index contributed by atoms with van der Waals surface area (Å²) in [7, 11) is 0. The largest absolute Gasteiger partial charge is 0.481 e. The van der Waals surface area contributed by atoms with Gasteiger partial charge in [-0.2, -0.15) is 4.98 Å². The van der Waals surface area contributed by atoms with Gasteiger partial charge in [0.05, 0.1) is 23.1 Å². The fraction of sp³-hybridized carbons (Fsp3) is 0.188. The minimum atomic E-state index is -1.01. The summed E-state index contributed by atoms with van der Waals surface area (Å²) in [4.78, 5) is 19.1. The van der Waals surface area contributed by atoms with Crippen LogP contribution in [0, 0.1) is 0 Å². The number of rotatable bonds is 6. The number of hydrogen-bond acceptors (Lipinski definition) is 8. The van der Waals surface area contributed by atoms with Crippen LogP contribution in [0.1, 0.15) is 28.7 Å². The van der Waals surface area contributed by atoms with Gasteiger partial charge in [0.25, 0.3) is 0 Å². The van der Waals surface area contributed by atoms with Crippen molar-refractivity contribution in [3.63, 3.8) is 0 Å². The Bertz CT molecular complexity index is 961. The van der Waals surface area contributed by atoms with E-state index >= 15 is 0 Å². The van der Waals surface area contributed by atoms with Crippen LogP contribution < -0.4 is 16.2 Å². The second-order valence-electron chi connectivity index (χ2n) is 5.40. The van der Waals surface area contributed by atoms with E-state index in [1.54, 1.807) is 18.3 Å². The van der Waals surface area contributed by atoms with Gasteiger partial charge in [-0.05, 0) is 24.6 Å². The van der Waals surface area contributed by atoms with Crippen LogP contribution in [0.4, 0.5) is 11.8 Å². The van der Waals surface area contributed by atoms with Crippen LogP contribution in [0.15, 0.2) is 30.5 Å². The van der Waals surface area contributed by atoms with Crippen LogP contribution in [-0.2, 0) is 13.0 Å². The van der Waals surface area contributed by atoms with Gasteiger partial charge < -0.3 is 21.3 Å². The van der Waals surface area contributed by atoms with Crippen molar-refractivity contribution in [2.45, 2.75) is 20.0 Å². The Hall–Kier alpha value is -3.40. The Morgan fingerprint density at radius 2 is 2.07 bits per heavy atom. The highest BCUT2D eigenvalue weighted by atomic mass is 35.5. The summed E-state index contributed by atoms with van der Waals surface area (Å²) < 4.78 is 7.16. The Morgan fingerprint density at radius 3 is 2.78 bits per heavy atom. The third-order valence-electron chi connectivity index (χ3n) is 3.58. The first kappa shape index (κ1) is 19.9. The van der Waals surface area contributed by atoms with E-state index in [0.29, 0.717) is 29.2 Å². The van der Waals surface area contributed by atoms with E-state index in [1.807, 2.05) is 6.92 Å². The van der Waals surface area contributed by atoms with E-state index in [1.165, 1.54) is 16.8 Å². The quantitative estimate of drug-likeness (QED) is 0.566. The van der Waals surface area contributed by atoms with E-state index in [2.05, 4.69) is 20.3 Å². The molecule has 11 heteroatoms. The number of hydrogen-bond donors (Lipinski definition) is 3. The first-order chi connectivity index (χ1) is 12.5. The van der Waals surface area contributed by atoms with Gasteiger partial charge in [0, 0.05) is 0 Å². The number of ether oxygens (including phenoxy) is 1. The van der Waals surface area contributed by atoms with Crippen molar-refractivity contribution in [2.24, 2.45) is 0 Å². The highest BCUT2D eigenvalue weighted by molar-refractivity contribution is 5.88. The first-order valence-electron chi connectivity index (χ1n) is 7.77. The zero-order valence-electron chi connectivity index (χ0n) is 14.4. The van der Waals surface area contributed by atoms with E-state index in [4.69, 9.17) is 21.3 Å². The number of benzene rings is 1. The van der Waals surface area contributed by atoms with Crippen LogP contribution in [-0.4, -0.2) is 36.0 Å². The molecule has 0 atom stereocenters. The van der Waals surface area contributed by atoms with E-state index in [-0.39, 0.29) is 36.3 Å². The number of nitrogen functional groups attached to an aromatic ring is 2. The highest BCUT2D eigenvalue weighted by Crippen LogP contribution is 2.25. The lowest BCUT2D eigenvalue weighted by Crippen LogP contribution is -2.08. The van der Waals surface area contributed by atoms with E-state index in [9.17, 15) is 4.79 Å². The minimum Gasteiger partial charge on any atom is -0.481 e. The number of nitrogens with two attached hydrogens (primary N) is 2. The summed E-state index contributed by atoms with van der Waals surface area (Å²) >= 11 is 0. The SMILES string of the molecule is CCc1nc(N)nc(N)c1OCc1cn(-c2cccc(C(=O)O)c2)nn1.Cl. The van der Waals surface area contributed by atoms with Crippen LogP contribution in [0.2, 0.25) is 0 Å². The summed E-state index contributed by atoms with van der Waals surface area (Å²) in [6, 6.07) is 6.37. The molecule has 142 valence electrons. The average molecular weight is 392 g/mol. The molecule has 0 aliphatic heterocycles. The maximum Gasteiger partial charge on any atom is 0.335 e. The number of anilines is 2. The predicted molar refractivity (Wildman–Crippen MR) is 100 cm³/mol. The third-order valence-corrected chi connectivity index (χ3v) is 3.58. The van der Waals surface area contributed by atoms with Gasteiger partial charge >= 0.3 is 5.97 Å². The van der Waals surface area contributed by atoms with Gasteiger partial charge in [0.15, 0.2) is 11.6 Å². The molecule has 0 saturated heterocycles. The lowest BCUT2D eigenvalue weighted by molar-refractivity contribution is 0.0697. The molecule has 3 rings (SSSR count). The smallest absolute Gasteiger partial charge is 0.335 e. The fourth-order valence-corrected chi connectivity index (χ4v) is 2.35. The molecule has 0 aliphatic carbocycles. The van der Waals surface area contributed by atoms with Crippen LogP contribution in [0.3, 0.4) is 0 Å². The molecule has 2 aromatic heterocycles. The zero-order valence-corrected chi connectivity index (χ0v) is 15.2. The number of aromatic nitrogens is 5. The second kappa shape index (κ2) is 8.32. The molecule has 0 unspecified atom stereocenters. The molecule has 2 heterocycles. The standard InChI is InChI=1S/C16H17N7O3.ClH/c1-2-12-13(14(17)20-16(18)19-12)26-8-10-7-23(22-21-10)11-5-3-4-9(6-11)15(24)25;/h3-7H,2,8H2,1H3,(H,24,25)(H4,17,18,19,20);1H. The van der Waals surface area contributed by atoms with Gasteiger partial charge in [-0.3, -0.25) is 0 Å². The summed E-state index contributed by atoms with van der Waals surface area (Å²) in [6.07, 6.45) is 2.22. The van der Waals surface area contributed by atoms with Crippen molar-refractivity contribution in [1.29, 1.82) is 0 Å². The van der Waals surface area contributed by atoms with Crippen molar-refractivity contribution < 1.29 is 14.6 Å². The lowest BCUT2D eigenvalue weighted by atomic mass is 10.2. The van der Waals surface area contributed by atoms with Crippen molar-refractivity contribution in [3.05, 3.63) is 47.4 Å². The molecular formula is C16H18ClN7O3. The van der Waals surface area contributed by atoms with Gasteiger partial charge in [0.1, 0.15) is 12.3 Å². The number of carboxylic acids is 1. The topological polar surface area (TPSA) is 155 Å². The van der Waals surface area contributed by atoms with Crippen molar-refractivity contribution in [2.75, 3.05) is 11.5 Å². The first-order valence-corrected chi connectivity index (χ1v) is 7.77. The summed E-state index contributed by atoms with van der Waals surface area (Å²) in [5.41, 5.74) is 13.3. The molecule has 5 N–H and O–H groups in total. The average Bonchev–Trinajstić information content (AvgIpc) is 3.09. The third kappa shape index (κ3) is 4.42. The number of aryl methyl sites for hydroxylation is 1. The molecule has 0 fully saturated rings. The Balaban J connectivity index is 0.00000261. The number of halogens is 1. The minimum absolute atomic E-state index is 0. The molecule has 0 bridgehead atoms. The van der Waals surface area contributed by atoms with Crippen LogP contribution in [0.25, 0.3) is 5.69 Å². The van der Waals surface area contributed by atoms with E-state index < -0.39 is 5.97 Å². The van der Waals surface area contributed by atoms with Crippen LogP contribution in [0.5, 0.6) is 5.75 Å². The fourth-order valence-electron chi connectivity index (χ4n) is 2.35. The summed E-state index contributed by atoms with van der Waals surface area (Å²) in [5, 5.41) is 17.1. The Labute approximate surface area is 160 Å². The van der Waals surface area contributed by atoms with Gasteiger partial charge in [-0.1, -0.05) is 18.2 Å². The van der Waals surface area contributed by atoms with Gasteiger partial charge in [-0.25, -0.2) is 14.5 Å². The van der Waals surface area contributed by atoms with Gasteiger partial charge in [0.2, 0.25) is 5.95 Å². The van der Waals surface area contributed by atoms with Crippen LogP contribution >= 0.6 is 12.4 Å². The molecule has 1 aromatic carbocycles. The van der Waals surface area contributed by atoms with Crippen molar-refractivity contribution in [3.8, 4) is 11.4 Å². The molecule has 3 aromatic rings. The molecule has 0 aliphatic rings. The molecule has 0 spiro atoms. The highest BCUT2D eigenvalue weighted by Gasteiger charge is 2.13. The number of carboxylic acid groups (broad SMARTS) is 1. The predicted octanol–water partition coefficient (Wildman–Crippen LogP) is 1.48. The van der Waals surface area contributed by atoms with Crippen molar-refractivity contribution >= 4 is 30.1 Å². The summed E-state index contributed by atoms with van der Waals surface area (Å²) in [5.74, 6) is -0.391. The maximum atomic E-state index is 11.1. The Kier molecular flexibility index (Phi) is 6.14. The van der Waals surface area contributed by atoms with Crippen molar-refractivity contribution in [1.82, 2.24) is 25.0 Å². The maximum absolute atomic E-state index is 11.1.